The Bertz CT molecular complexity index is 773. The summed E-state index contributed by atoms with van der Waals surface area (Å²) in [6, 6.07) is 0. The highest BCUT2D eigenvalue weighted by atomic mass is 32.2. The van der Waals surface area contributed by atoms with E-state index in [4.69, 9.17) is 19.3 Å². The van der Waals surface area contributed by atoms with Gasteiger partial charge in [0.1, 0.15) is 12.4 Å². The first-order chi connectivity index (χ1) is 12.3. The molecule has 4 N–H and O–H groups in total. The lowest BCUT2D eigenvalue weighted by Gasteiger charge is -2.04. The number of carbonyl (C=O) groups is 3. The van der Waals surface area contributed by atoms with Gasteiger partial charge in [-0.1, -0.05) is 12.2 Å². The molecule has 28 heavy (non-hydrogen) atoms. The molecule has 12 nitrogen and oxygen atoms in total. The van der Waals surface area contributed by atoms with Gasteiger partial charge in [0.05, 0.1) is 6.42 Å². The van der Waals surface area contributed by atoms with Crippen LogP contribution in [0.25, 0.3) is 0 Å². The molecule has 0 aliphatic rings. The number of carboxylic acid groups (broad SMARTS) is 2. The molecule has 0 bridgehead atoms. The molecule has 0 heterocycles. The number of allylic oxidation sites excluding steroid dienone is 1. The van der Waals surface area contributed by atoms with Crippen molar-refractivity contribution in [3.05, 3.63) is 24.3 Å². The van der Waals surface area contributed by atoms with Crippen LogP contribution >= 0.6 is 0 Å². The Morgan fingerprint density at radius 2 is 1.36 bits per heavy atom. The monoisotopic (exact) mass is 448 g/mol. The molecule has 0 aromatic heterocycles. The highest BCUT2D eigenvalue weighted by molar-refractivity contribution is 7.87. The SMILES string of the molecule is C=C(C)C.C=C(C)C(=O)OCCS(=O)(=O)O.O=C(O)CC(C(=O)O)S(=O)(=O)O. The van der Waals surface area contributed by atoms with Crippen molar-refractivity contribution >= 4 is 38.1 Å². The molecule has 0 fully saturated rings. The maximum atomic E-state index is 10.6. The van der Waals surface area contributed by atoms with Gasteiger partial charge in [0.15, 0.2) is 5.25 Å². The fraction of sp³-hybridized carbons (Fsp3) is 0.500. The second-order valence-corrected chi connectivity index (χ2v) is 8.52. The summed E-state index contributed by atoms with van der Waals surface area (Å²) in [5.41, 5.74) is 1.35. The first kappa shape index (κ1) is 30.4. The Labute approximate surface area is 163 Å². The zero-order valence-corrected chi connectivity index (χ0v) is 17.1. The fourth-order valence-electron chi connectivity index (χ4n) is 0.841. The van der Waals surface area contributed by atoms with Gasteiger partial charge < -0.3 is 14.9 Å². The van der Waals surface area contributed by atoms with Gasteiger partial charge in [-0.3, -0.25) is 18.7 Å². The molecule has 164 valence electrons. The quantitative estimate of drug-likeness (QED) is 0.172. The van der Waals surface area contributed by atoms with E-state index in [9.17, 15) is 31.2 Å². The molecule has 0 aromatic rings. The number of carbonyl (C=O) groups excluding carboxylic acids is 1. The molecule has 0 saturated heterocycles. The van der Waals surface area contributed by atoms with E-state index in [-0.39, 0.29) is 12.2 Å². The lowest BCUT2D eigenvalue weighted by atomic mass is 10.3. The molecule has 0 aliphatic carbocycles. The molecule has 14 heteroatoms. The number of ether oxygens (including phenoxy) is 1. The van der Waals surface area contributed by atoms with Crippen molar-refractivity contribution in [1.82, 2.24) is 0 Å². The Hall–Kier alpha value is -2.29. The van der Waals surface area contributed by atoms with Crippen LogP contribution in [0.3, 0.4) is 0 Å². The minimum absolute atomic E-state index is 0.185. The topological polar surface area (TPSA) is 210 Å². The van der Waals surface area contributed by atoms with Crippen molar-refractivity contribution in [3.8, 4) is 0 Å². The highest BCUT2D eigenvalue weighted by Gasteiger charge is 2.33. The Morgan fingerprint density at radius 1 is 0.964 bits per heavy atom. The summed E-state index contributed by atoms with van der Waals surface area (Å²) >= 11 is 0. The molecule has 0 saturated carbocycles. The summed E-state index contributed by atoms with van der Waals surface area (Å²) < 4.78 is 61.5. The normalized spacial score (nSPS) is 11.5. The van der Waals surface area contributed by atoms with Gasteiger partial charge in [0, 0.05) is 5.57 Å². The van der Waals surface area contributed by atoms with E-state index in [2.05, 4.69) is 17.9 Å². The molecule has 1 unspecified atom stereocenters. The van der Waals surface area contributed by atoms with Crippen LogP contribution in [0, 0.1) is 0 Å². The lowest BCUT2D eigenvalue weighted by Crippen LogP contribution is -2.31. The Balaban J connectivity index is -0.000000375. The number of hydrogen-bond donors (Lipinski definition) is 4. The molecule has 1 atom stereocenters. The number of rotatable bonds is 8. The molecular weight excluding hydrogens is 424 g/mol. The molecule has 0 radical (unpaired) electrons. The lowest BCUT2D eigenvalue weighted by molar-refractivity contribution is -0.143. The number of hydrogen-bond acceptors (Lipinski definition) is 8. The minimum Gasteiger partial charge on any atom is -0.481 e. The van der Waals surface area contributed by atoms with Crippen LogP contribution in [0.15, 0.2) is 24.3 Å². The summed E-state index contributed by atoms with van der Waals surface area (Å²) in [7, 11) is -8.89. The molecular formula is C14H24O12S2. The van der Waals surface area contributed by atoms with E-state index >= 15 is 0 Å². The minimum atomic E-state index is -4.84. The summed E-state index contributed by atoms with van der Waals surface area (Å²) in [5.74, 6) is -4.76. The van der Waals surface area contributed by atoms with Crippen LogP contribution in [0.1, 0.15) is 27.2 Å². The van der Waals surface area contributed by atoms with E-state index in [0.29, 0.717) is 0 Å². The van der Waals surface area contributed by atoms with Gasteiger partial charge in [0.25, 0.3) is 20.2 Å². The van der Waals surface area contributed by atoms with E-state index in [0.717, 1.165) is 0 Å². The van der Waals surface area contributed by atoms with Crippen LogP contribution in [0.2, 0.25) is 0 Å². The van der Waals surface area contributed by atoms with Crippen molar-refractivity contribution < 1.29 is 55.3 Å². The van der Waals surface area contributed by atoms with Crippen LogP contribution in [-0.4, -0.2) is 71.7 Å². The van der Waals surface area contributed by atoms with Crippen LogP contribution < -0.4 is 0 Å². The van der Waals surface area contributed by atoms with Gasteiger partial charge in [-0.05, 0) is 20.8 Å². The number of carboxylic acids is 2. The molecule has 0 spiro atoms. The zero-order valence-electron chi connectivity index (χ0n) is 15.5. The third-order valence-corrected chi connectivity index (χ3v) is 3.69. The largest absolute Gasteiger partial charge is 0.481 e. The van der Waals surface area contributed by atoms with Crippen molar-refractivity contribution in [2.24, 2.45) is 0 Å². The predicted molar refractivity (Wildman–Crippen MR) is 97.9 cm³/mol. The fourth-order valence-corrected chi connectivity index (χ4v) is 1.74. The zero-order chi connectivity index (χ0) is 23.3. The van der Waals surface area contributed by atoms with E-state index < -0.39 is 55.6 Å². The van der Waals surface area contributed by atoms with Crippen molar-refractivity contribution in [3.63, 3.8) is 0 Å². The van der Waals surface area contributed by atoms with Crippen LogP contribution in [0.5, 0.6) is 0 Å². The first-order valence-electron chi connectivity index (χ1n) is 7.12. The maximum Gasteiger partial charge on any atom is 0.333 e. The predicted octanol–water partition coefficient (Wildman–Crippen LogP) is 0.378. The molecule has 0 rings (SSSR count). The van der Waals surface area contributed by atoms with Gasteiger partial charge in [-0.2, -0.15) is 16.8 Å². The van der Waals surface area contributed by atoms with Gasteiger partial charge in [0.2, 0.25) is 0 Å². The van der Waals surface area contributed by atoms with Gasteiger partial charge in [-0.25, -0.2) is 4.79 Å². The van der Waals surface area contributed by atoms with Gasteiger partial charge >= 0.3 is 17.9 Å². The van der Waals surface area contributed by atoms with E-state index in [1.807, 2.05) is 13.8 Å². The highest BCUT2D eigenvalue weighted by Crippen LogP contribution is 2.04. The van der Waals surface area contributed by atoms with Crippen molar-refractivity contribution in [2.45, 2.75) is 32.4 Å². The number of esters is 1. The first-order valence-corrected chi connectivity index (χ1v) is 10.2. The average molecular weight is 448 g/mol. The van der Waals surface area contributed by atoms with E-state index in [1.54, 1.807) is 0 Å². The third-order valence-electron chi connectivity index (χ3n) is 1.92. The maximum absolute atomic E-state index is 10.6. The molecule has 0 aromatic carbocycles. The number of aliphatic carboxylic acids is 2. The van der Waals surface area contributed by atoms with Crippen molar-refractivity contribution in [1.29, 1.82) is 0 Å². The summed E-state index contributed by atoms with van der Waals surface area (Å²) in [6.45, 7) is 11.9. The summed E-state index contributed by atoms with van der Waals surface area (Å²) in [4.78, 5) is 30.6. The summed E-state index contributed by atoms with van der Waals surface area (Å²) in [5, 5.41) is 13.9. The average Bonchev–Trinajstić information content (AvgIpc) is 2.41. The second kappa shape index (κ2) is 13.8. The van der Waals surface area contributed by atoms with E-state index in [1.165, 1.54) is 12.5 Å². The summed E-state index contributed by atoms with van der Waals surface area (Å²) in [6.07, 6.45) is -1.16. The third kappa shape index (κ3) is 23.7. The Kier molecular flexibility index (Phi) is 15.0. The van der Waals surface area contributed by atoms with Crippen molar-refractivity contribution in [2.75, 3.05) is 12.4 Å². The Morgan fingerprint density at radius 3 is 1.54 bits per heavy atom. The van der Waals surface area contributed by atoms with Gasteiger partial charge in [-0.15, -0.1) is 6.58 Å². The smallest absolute Gasteiger partial charge is 0.333 e. The van der Waals surface area contributed by atoms with Crippen LogP contribution in [0.4, 0.5) is 0 Å². The van der Waals surface area contributed by atoms with Crippen LogP contribution in [-0.2, 0) is 39.4 Å². The second-order valence-electron chi connectivity index (χ2n) is 5.35. The standard InChI is InChI=1S/C6H10O5S.C4H6O7S.C4H8/c1-5(2)6(7)11-3-4-12(8,9)10;5-3(6)1-2(4(7)8)12(9,10)11;1-4(2)3/h1,3-4H2,2H3,(H,8,9,10);2H,1H2,(H,5,6)(H,7,8)(H,9,10,11);1H2,2-3H3. The molecule has 0 amide bonds. The molecule has 0 aliphatic heterocycles.